The molecule has 0 unspecified atom stereocenters. The molecule has 0 aliphatic carbocycles. The highest BCUT2D eigenvalue weighted by atomic mass is 32.1. The fourth-order valence-corrected chi connectivity index (χ4v) is 2.20. The minimum absolute atomic E-state index is 0.609. The molecular weight excluding hydrogens is 230 g/mol. The number of nitrogens with two attached hydrogens (primary N) is 1. The van der Waals surface area contributed by atoms with Crippen molar-refractivity contribution in [3.8, 4) is 0 Å². The maximum Gasteiger partial charge on any atom is 0.0794 e. The number of hydrogen-bond donors (Lipinski definition) is 2. The van der Waals surface area contributed by atoms with E-state index in [4.69, 9.17) is 5.73 Å². The van der Waals surface area contributed by atoms with E-state index in [0.717, 1.165) is 19.5 Å². The molecule has 0 saturated carbocycles. The highest BCUT2D eigenvalue weighted by Crippen LogP contribution is 2.04. The van der Waals surface area contributed by atoms with E-state index in [2.05, 4.69) is 39.9 Å². The Morgan fingerprint density at radius 2 is 1.94 bits per heavy atom. The molecule has 3 N–H and O–H groups in total. The van der Waals surface area contributed by atoms with Crippen LogP contribution in [0.15, 0.2) is 35.2 Å². The van der Waals surface area contributed by atoms with Gasteiger partial charge in [-0.2, -0.15) is 0 Å². The summed E-state index contributed by atoms with van der Waals surface area (Å²) in [7, 11) is 0. The molecule has 0 saturated heterocycles. The lowest BCUT2D eigenvalue weighted by atomic mass is 10.1. The number of benzene rings is 1. The van der Waals surface area contributed by atoms with Gasteiger partial charge in [-0.15, -0.1) is 11.3 Å². The number of thiazole rings is 1. The number of rotatable bonds is 6. The van der Waals surface area contributed by atoms with Crippen molar-refractivity contribution in [3.63, 3.8) is 0 Å². The Morgan fingerprint density at radius 3 is 2.59 bits per heavy atom. The van der Waals surface area contributed by atoms with Crippen molar-refractivity contribution in [1.82, 2.24) is 10.3 Å². The first kappa shape index (κ1) is 12.2. The summed E-state index contributed by atoms with van der Waals surface area (Å²) in [5.74, 6) is 0. The van der Waals surface area contributed by atoms with E-state index in [9.17, 15) is 0 Å². The Bertz CT molecular complexity index is 422. The lowest BCUT2D eigenvalue weighted by molar-refractivity contribution is 0.681. The summed E-state index contributed by atoms with van der Waals surface area (Å²) in [4.78, 5) is 4.25. The van der Waals surface area contributed by atoms with Gasteiger partial charge in [0.2, 0.25) is 0 Å². The molecule has 0 atom stereocenters. The van der Waals surface area contributed by atoms with Crippen LogP contribution in [0.2, 0.25) is 0 Å². The van der Waals surface area contributed by atoms with Crippen molar-refractivity contribution in [2.24, 2.45) is 5.73 Å². The molecule has 0 fully saturated rings. The topological polar surface area (TPSA) is 50.9 Å². The van der Waals surface area contributed by atoms with E-state index in [-0.39, 0.29) is 0 Å². The zero-order valence-electron chi connectivity index (χ0n) is 9.73. The Balaban J connectivity index is 1.70. The average Bonchev–Trinajstić information content (AvgIpc) is 2.88. The summed E-state index contributed by atoms with van der Waals surface area (Å²) in [5, 5.41) is 5.51. The zero-order valence-corrected chi connectivity index (χ0v) is 10.5. The SMILES string of the molecule is NCc1ccc(CNCCc2cscn2)cc1. The Morgan fingerprint density at radius 1 is 1.18 bits per heavy atom. The third kappa shape index (κ3) is 3.93. The molecule has 4 heteroatoms. The van der Waals surface area contributed by atoms with E-state index < -0.39 is 0 Å². The van der Waals surface area contributed by atoms with E-state index >= 15 is 0 Å². The monoisotopic (exact) mass is 247 g/mol. The first-order chi connectivity index (χ1) is 8.38. The fourth-order valence-electron chi connectivity index (χ4n) is 1.60. The maximum absolute atomic E-state index is 5.55. The Kier molecular flexibility index (Phi) is 4.67. The van der Waals surface area contributed by atoms with Gasteiger partial charge >= 0.3 is 0 Å². The van der Waals surface area contributed by atoms with Crippen molar-refractivity contribution in [1.29, 1.82) is 0 Å². The molecule has 90 valence electrons. The summed E-state index contributed by atoms with van der Waals surface area (Å²) in [6, 6.07) is 8.41. The van der Waals surface area contributed by atoms with Crippen LogP contribution in [0, 0.1) is 0 Å². The third-order valence-electron chi connectivity index (χ3n) is 2.63. The van der Waals surface area contributed by atoms with Gasteiger partial charge in [-0.25, -0.2) is 4.98 Å². The molecule has 2 aromatic rings. The van der Waals surface area contributed by atoms with Crippen LogP contribution in [0.5, 0.6) is 0 Å². The van der Waals surface area contributed by atoms with Crippen molar-refractivity contribution in [2.45, 2.75) is 19.5 Å². The minimum atomic E-state index is 0.609. The molecule has 0 spiro atoms. The summed E-state index contributed by atoms with van der Waals surface area (Å²) < 4.78 is 0. The molecule has 2 rings (SSSR count). The molecule has 1 aromatic carbocycles. The number of nitrogens with zero attached hydrogens (tertiary/aromatic N) is 1. The maximum atomic E-state index is 5.55. The summed E-state index contributed by atoms with van der Waals surface area (Å²) in [5.41, 5.74) is 11.1. The highest BCUT2D eigenvalue weighted by Gasteiger charge is 1.96. The Labute approximate surface area is 106 Å². The predicted octanol–water partition coefficient (Wildman–Crippen LogP) is 1.93. The van der Waals surface area contributed by atoms with Crippen LogP contribution < -0.4 is 11.1 Å². The molecular formula is C13H17N3S. The van der Waals surface area contributed by atoms with Crippen LogP contribution in [0.1, 0.15) is 16.8 Å². The fraction of sp³-hybridized carbons (Fsp3) is 0.308. The zero-order chi connectivity index (χ0) is 11.9. The van der Waals surface area contributed by atoms with E-state index in [1.807, 2.05) is 5.51 Å². The van der Waals surface area contributed by atoms with Crippen LogP contribution in [-0.2, 0) is 19.5 Å². The second-order valence-electron chi connectivity index (χ2n) is 3.93. The van der Waals surface area contributed by atoms with Gasteiger partial charge in [0.15, 0.2) is 0 Å². The quantitative estimate of drug-likeness (QED) is 0.767. The molecule has 0 aliphatic rings. The van der Waals surface area contributed by atoms with E-state index in [0.29, 0.717) is 6.54 Å². The lowest BCUT2D eigenvalue weighted by Gasteiger charge is -2.04. The third-order valence-corrected chi connectivity index (χ3v) is 3.26. The number of hydrogen-bond acceptors (Lipinski definition) is 4. The summed E-state index contributed by atoms with van der Waals surface area (Å²) >= 11 is 1.65. The molecule has 1 aromatic heterocycles. The van der Waals surface area contributed by atoms with Crippen molar-refractivity contribution >= 4 is 11.3 Å². The Hall–Kier alpha value is -1.23. The molecule has 17 heavy (non-hydrogen) atoms. The molecule has 0 bridgehead atoms. The van der Waals surface area contributed by atoms with Crippen molar-refractivity contribution in [2.75, 3.05) is 6.54 Å². The molecule has 0 radical (unpaired) electrons. The standard InChI is InChI=1S/C13H17N3S/c14-7-11-1-3-12(4-2-11)8-15-6-5-13-9-17-10-16-13/h1-4,9-10,15H,5-8,14H2. The lowest BCUT2D eigenvalue weighted by Crippen LogP contribution is -2.16. The van der Waals surface area contributed by atoms with Crippen LogP contribution in [0.3, 0.4) is 0 Å². The van der Waals surface area contributed by atoms with E-state index in [1.165, 1.54) is 16.8 Å². The molecule has 1 heterocycles. The van der Waals surface area contributed by atoms with Crippen LogP contribution >= 0.6 is 11.3 Å². The van der Waals surface area contributed by atoms with Crippen LogP contribution in [0.25, 0.3) is 0 Å². The second kappa shape index (κ2) is 6.49. The summed E-state index contributed by atoms with van der Waals surface area (Å²) in [6.07, 6.45) is 0.990. The smallest absolute Gasteiger partial charge is 0.0794 e. The molecule has 3 nitrogen and oxygen atoms in total. The molecule has 0 aliphatic heterocycles. The first-order valence-electron chi connectivity index (χ1n) is 5.74. The first-order valence-corrected chi connectivity index (χ1v) is 6.68. The normalized spacial score (nSPS) is 10.6. The average molecular weight is 247 g/mol. The van der Waals surface area contributed by atoms with Gasteiger partial charge in [0.25, 0.3) is 0 Å². The van der Waals surface area contributed by atoms with Crippen LogP contribution in [0.4, 0.5) is 0 Å². The molecule has 0 amide bonds. The largest absolute Gasteiger partial charge is 0.326 e. The van der Waals surface area contributed by atoms with Crippen LogP contribution in [-0.4, -0.2) is 11.5 Å². The van der Waals surface area contributed by atoms with Gasteiger partial charge in [0.1, 0.15) is 0 Å². The second-order valence-corrected chi connectivity index (χ2v) is 4.65. The van der Waals surface area contributed by atoms with Gasteiger partial charge in [-0.3, -0.25) is 0 Å². The van der Waals surface area contributed by atoms with Crippen molar-refractivity contribution < 1.29 is 0 Å². The van der Waals surface area contributed by atoms with Gasteiger partial charge in [0.05, 0.1) is 11.2 Å². The van der Waals surface area contributed by atoms with Gasteiger partial charge < -0.3 is 11.1 Å². The number of aromatic nitrogens is 1. The predicted molar refractivity (Wildman–Crippen MR) is 71.9 cm³/mol. The van der Waals surface area contributed by atoms with Gasteiger partial charge in [-0.05, 0) is 11.1 Å². The summed E-state index contributed by atoms with van der Waals surface area (Å²) in [6.45, 7) is 2.47. The number of nitrogens with one attached hydrogen (secondary N) is 1. The van der Waals surface area contributed by atoms with E-state index in [1.54, 1.807) is 11.3 Å². The van der Waals surface area contributed by atoms with Gasteiger partial charge in [0, 0.05) is 31.4 Å². The van der Waals surface area contributed by atoms with Gasteiger partial charge in [-0.1, -0.05) is 24.3 Å². The minimum Gasteiger partial charge on any atom is -0.326 e. The van der Waals surface area contributed by atoms with Crippen molar-refractivity contribution in [3.05, 3.63) is 52.0 Å². The highest BCUT2D eigenvalue weighted by molar-refractivity contribution is 7.07.